The minimum atomic E-state index is -0.248. The van der Waals surface area contributed by atoms with E-state index in [1.807, 2.05) is 36.4 Å². The number of rotatable bonds is 9. The molecule has 0 fully saturated rings. The Balaban J connectivity index is 1.89. The van der Waals surface area contributed by atoms with Gasteiger partial charge in [0.25, 0.3) is 5.91 Å². The van der Waals surface area contributed by atoms with E-state index in [-0.39, 0.29) is 5.91 Å². The molecule has 0 bridgehead atoms. The molecule has 1 amide bonds. The van der Waals surface area contributed by atoms with Crippen molar-refractivity contribution < 1.29 is 9.53 Å². The molecule has 1 N–H and O–H groups in total. The van der Waals surface area contributed by atoms with Gasteiger partial charge in [0.05, 0.1) is 12.8 Å². The first-order chi connectivity index (χ1) is 12.2. The molecule has 0 saturated heterocycles. The van der Waals surface area contributed by atoms with Crippen molar-refractivity contribution in [1.82, 2.24) is 5.43 Å². The van der Waals surface area contributed by atoms with E-state index in [1.54, 1.807) is 18.3 Å². The first-order valence-electron chi connectivity index (χ1n) is 8.51. The number of hydrogen-bond acceptors (Lipinski definition) is 3. The maximum Gasteiger partial charge on any atom is 0.271 e. The van der Waals surface area contributed by atoms with Gasteiger partial charge in [-0.05, 0) is 42.8 Å². The van der Waals surface area contributed by atoms with Gasteiger partial charge in [0, 0.05) is 15.6 Å². The van der Waals surface area contributed by atoms with Crippen molar-refractivity contribution in [2.75, 3.05) is 6.61 Å². The Morgan fingerprint density at radius 2 is 1.88 bits per heavy atom. The summed E-state index contributed by atoms with van der Waals surface area (Å²) in [6.07, 6.45) is 6.27. The highest BCUT2D eigenvalue weighted by Crippen LogP contribution is 2.16. The molecule has 0 radical (unpaired) electrons. The van der Waals surface area contributed by atoms with Crippen LogP contribution in [0.1, 0.15) is 48.5 Å². The highest BCUT2D eigenvalue weighted by atomic mass is 79.9. The minimum Gasteiger partial charge on any atom is -0.493 e. The monoisotopic (exact) mass is 402 g/mol. The number of nitrogens with one attached hydrogen (secondary N) is 1. The zero-order chi connectivity index (χ0) is 17.9. The summed E-state index contributed by atoms with van der Waals surface area (Å²) in [5.74, 6) is 0.530. The lowest BCUT2D eigenvalue weighted by Crippen LogP contribution is -2.17. The van der Waals surface area contributed by atoms with Gasteiger partial charge in [0.1, 0.15) is 5.75 Å². The lowest BCUT2D eigenvalue weighted by molar-refractivity contribution is 0.0955. The second-order valence-corrected chi connectivity index (χ2v) is 6.57. The fraction of sp³-hybridized carbons (Fsp3) is 0.300. The first kappa shape index (κ1) is 19.2. The lowest BCUT2D eigenvalue weighted by Gasteiger charge is -2.08. The quantitative estimate of drug-likeness (QED) is 0.357. The van der Waals surface area contributed by atoms with Crippen LogP contribution < -0.4 is 10.2 Å². The second kappa shape index (κ2) is 10.7. The number of hydrazone groups is 1. The van der Waals surface area contributed by atoms with Crippen LogP contribution in [0.4, 0.5) is 0 Å². The first-order valence-corrected chi connectivity index (χ1v) is 9.31. The van der Waals surface area contributed by atoms with Crippen LogP contribution in [0, 0.1) is 0 Å². The van der Waals surface area contributed by atoms with E-state index >= 15 is 0 Å². The molecule has 0 aliphatic heterocycles. The SMILES string of the molecule is CCCCCCOc1ccccc1/C=N\NC(=O)c1ccc(Br)cc1. The zero-order valence-electron chi connectivity index (χ0n) is 14.4. The van der Waals surface area contributed by atoms with E-state index in [9.17, 15) is 4.79 Å². The number of hydrogen-bond donors (Lipinski definition) is 1. The Labute approximate surface area is 157 Å². The topological polar surface area (TPSA) is 50.7 Å². The molecule has 4 nitrogen and oxygen atoms in total. The summed E-state index contributed by atoms with van der Waals surface area (Å²) in [7, 11) is 0. The third-order valence-electron chi connectivity index (χ3n) is 3.65. The van der Waals surface area contributed by atoms with Crippen LogP contribution in [-0.4, -0.2) is 18.7 Å². The third-order valence-corrected chi connectivity index (χ3v) is 4.18. The van der Waals surface area contributed by atoms with Crippen LogP contribution in [0.2, 0.25) is 0 Å². The number of nitrogens with zero attached hydrogens (tertiary/aromatic N) is 1. The van der Waals surface area contributed by atoms with E-state index in [2.05, 4.69) is 33.4 Å². The molecule has 0 aliphatic carbocycles. The predicted molar refractivity (Wildman–Crippen MR) is 105 cm³/mol. The number of carbonyl (C=O) groups excluding carboxylic acids is 1. The average molecular weight is 403 g/mol. The van der Waals surface area contributed by atoms with Crippen molar-refractivity contribution in [1.29, 1.82) is 0 Å². The van der Waals surface area contributed by atoms with Crippen molar-refractivity contribution in [3.05, 3.63) is 64.1 Å². The molecular weight excluding hydrogens is 380 g/mol. The second-order valence-electron chi connectivity index (χ2n) is 5.65. The summed E-state index contributed by atoms with van der Waals surface area (Å²) in [4.78, 5) is 12.0. The van der Waals surface area contributed by atoms with Crippen molar-refractivity contribution in [3.63, 3.8) is 0 Å². The largest absolute Gasteiger partial charge is 0.493 e. The highest BCUT2D eigenvalue weighted by molar-refractivity contribution is 9.10. The maximum atomic E-state index is 12.0. The molecular formula is C20H23BrN2O2. The van der Waals surface area contributed by atoms with Crippen molar-refractivity contribution in [2.45, 2.75) is 32.6 Å². The zero-order valence-corrected chi connectivity index (χ0v) is 16.0. The van der Waals surface area contributed by atoms with Crippen LogP contribution in [0.3, 0.4) is 0 Å². The van der Waals surface area contributed by atoms with Crippen LogP contribution in [-0.2, 0) is 0 Å². The van der Waals surface area contributed by atoms with Gasteiger partial charge in [-0.1, -0.05) is 54.2 Å². The Bertz CT molecular complexity index is 699. The molecule has 0 aliphatic rings. The van der Waals surface area contributed by atoms with Crippen molar-refractivity contribution in [2.24, 2.45) is 5.10 Å². The molecule has 0 aromatic heterocycles. The maximum absolute atomic E-state index is 12.0. The van der Waals surface area contributed by atoms with E-state index in [0.717, 1.165) is 22.2 Å². The summed E-state index contributed by atoms with van der Waals surface area (Å²) in [5, 5.41) is 4.04. The van der Waals surface area contributed by atoms with Gasteiger partial charge in [-0.15, -0.1) is 0 Å². The van der Waals surface area contributed by atoms with Crippen LogP contribution in [0.15, 0.2) is 58.1 Å². The molecule has 0 heterocycles. The predicted octanol–water partition coefficient (Wildman–Crippen LogP) is 5.17. The Morgan fingerprint density at radius 3 is 2.64 bits per heavy atom. The van der Waals surface area contributed by atoms with E-state index < -0.39 is 0 Å². The number of amides is 1. The standard InChI is InChI=1S/C20H23BrN2O2/c1-2-3-4-7-14-25-19-9-6-5-8-17(19)15-22-23-20(24)16-10-12-18(21)13-11-16/h5-6,8-13,15H,2-4,7,14H2,1H3,(H,23,24)/b22-15-. The number of halogens is 1. The van der Waals surface area contributed by atoms with E-state index in [0.29, 0.717) is 12.2 Å². The normalized spacial score (nSPS) is 10.8. The fourth-order valence-electron chi connectivity index (χ4n) is 2.26. The molecule has 0 spiro atoms. The van der Waals surface area contributed by atoms with Gasteiger partial charge in [0.15, 0.2) is 0 Å². The lowest BCUT2D eigenvalue weighted by atomic mass is 10.2. The third kappa shape index (κ3) is 6.70. The minimum absolute atomic E-state index is 0.248. The van der Waals surface area contributed by atoms with Gasteiger partial charge < -0.3 is 4.74 Å². The van der Waals surface area contributed by atoms with Crippen molar-refractivity contribution >= 4 is 28.1 Å². The van der Waals surface area contributed by atoms with Gasteiger partial charge in [-0.3, -0.25) is 4.79 Å². The summed E-state index contributed by atoms with van der Waals surface area (Å²) in [5.41, 5.74) is 3.94. The highest BCUT2D eigenvalue weighted by Gasteiger charge is 2.04. The average Bonchev–Trinajstić information content (AvgIpc) is 2.63. The number of carbonyl (C=O) groups is 1. The van der Waals surface area contributed by atoms with Crippen LogP contribution >= 0.6 is 15.9 Å². The smallest absolute Gasteiger partial charge is 0.271 e. The molecule has 25 heavy (non-hydrogen) atoms. The summed E-state index contributed by atoms with van der Waals surface area (Å²) >= 11 is 3.34. The Kier molecular flexibility index (Phi) is 8.19. The van der Waals surface area contributed by atoms with Gasteiger partial charge in [0.2, 0.25) is 0 Å². The van der Waals surface area contributed by atoms with E-state index in [1.165, 1.54) is 19.3 Å². The molecule has 2 aromatic rings. The Hall–Kier alpha value is -2.14. The molecule has 132 valence electrons. The molecule has 2 aromatic carbocycles. The molecule has 0 atom stereocenters. The fourth-order valence-corrected chi connectivity index (χ4v) is 2.52. The van der Waals surface area contributed by atoms with Gasteiger partial charge in [-0.2, -0.15) is 5.10 Å². The number of benzene rings is 2. The number of para-hydroxylation sites is 1. The molecule has 2 rings (SSSR count). The summed E-state index contributed by atoms with van der Waals surface area (Å²) in [6.45, 7) is 2.88. The van der Waals surface area contributed by atoms with E-state index in [4.69, 9.17) is 4.74 Å². The molecule has 0 unspecified atom stereocenters. The number of unbranched alkanes of at least 4 members (excludes halogenated alkanes) is 3. The van der Waals surface area contributed by atoms with Gasteiger partial charge in [-0.25, -0.2) is 5.43 Å². The van der Waals surface area contributed by atoms with Crippen molar-refractivity contribution in [3.8, 4) is 5.75 Å². The van der Waals surface area contributed by atoms with Crippen LogP contribution in [0.5, 0.6) is 5.75 Å². The molecule has 0 saturated carbocycles. The summed E-state index contributed by atoms with van der Waals surface area (Å²) < 4.78 is 6.76. The van der Waals surface area contributed by atoms with Gasteiger partial charge >= 0.3 is 0 Å². The summed E-state index contributed by atoms with van der Waals surface area (Å²) in [6, 6.07) is 14.8. The Morgan fingerprint density at radius 1 is 1.12 bits per heavy atom. The number of ether oxygens (including phenoxy) is 1. The van der Waals surface area contributed by atoms with Crippen LogP contribution in [0.25, 0.3) is 0 Å². The molecule has 5 heteroatoms.